The molecule has 27 heavy (non-hydrogen) atoms. The Morgan fingerprint density at radius 2 is 2.04 bits per heavy atom. The van der Waals surface area contributed by atoms with Gasteiger partial charge in [-0.15, -0.1) is 10.2 Å². The average molecular weight is 372 g/mol. The van der Waals surface area contributed by atoms with E-state index in [4.69, 9.17) is 4.52 Å². The van der Waals surface area contributed by atoms with E-state index in [2.05, 4.69) is 40.0 Å². The van der Waals surface area contributed by atoms with Gasteiger partial charge in [-0.05, 0) is 12.8 Å². The zero-order valence-electron chi connectivity index (χ0n) is 16.0. The summed E-state index contributed by atoms with van der Waals surface area (Å²) in [5, 5.41) is 16.3. The predicted molar refractivity (Wildman–Crippen MR) is 101 cm³/mol. The Morgan fingerprint density at radius 1 is 1.15 bits per heavy atom. The molecule has 0 aromatic carbocycles. The van der Waals surface area contributed by atoms with Gasteiger partial charge in [0, 0.05) is 58.8 Å². The Labute approximate surface area is 159 Å². The molecule has 0 bridgehead atoms. The third-order valence-corrected chi connectivity index (χ3v) is 5.35. The SMILES string of the molecule is CN=C(NCc1nnc2n1CCCCC2)N1CCN(Cc2ccon2)CC1. The van der Waals surface area contributed by atoms with E-state index in [9.17, 15) is 0 Å². The van der Waals surface area contributed by atoms with Crippen molar-refractivity contribution in [2.75, 3.05) is 33.2 Å². The molecule has 1 saturated heterocycles. The quantitative estimate of drug-likeness (QED) is 0.630. The molecule has 146 valence electrons. The van der Waals surface area contributed by atoms with Crippen LogP contribution in [-0.4, -0.2) is 68.9 Å². The number of fused-ring (bicyclic) bond motifs is 1. The second-order valence-electron chi connectivity index (χ2n) is 7.15. The Bertz CT molecular complexity index is 746. The molecule has 2 aromatic rings. The third kappa shape index (κ3) is 4.29. The fraction of sp³-hybridized carbons (Fsp3) is 0.667. The first-order valence-electron chi connectivity index (χ1n) is 9.81. The van der Waals surface area contributed by atoms with Gasteiger partial charge in [0.15, 0.2) is 11.8 Å². The van der Waals surface area contributed by atoms with Gasteiger partial charge in [0.2, 0.25) is 0 Å². The molecule has 2 aliphatic heterocycles. The number of nitrogens with zero attached hydrogens (tertiary/aromatic N) is 7. The summed E-state index contributed by atoms with van der Waals surface area (Å²) in [6, 6.07) is 1.92. The molecule has 4 heterocycles. The van der Waals surface area contributed by atoms with Gasteiger partial charge < -0.3 is 19.3 Å². The third-order valence-electron chi connectivity index (χ3n) is 5.35. The van der Waals surface area contributed by atoms with E-state index in [0.717, 1.165) is 69.0 Å². The van der Waals surface area contributed by atoms with Gasteiger partial charge in [0.25, 0.3) is 0 Å². The van der Waals surface area contributed by atoms with Gasteiger partial charge in [-0.3, -0.25) is 9.89 Å². The minimum atomic E-state index is 0.666. The van der Waals surface area contributed by atoms with Gasteiger partial charge >= 0.3 is 0 Å². The molecule has 0 amide bonds. The van der Waals surface area contributed by atoms with Crippen LogP contribution in [0.2, 0.25) is 0 Å². The van der Waals surface area contributed by atoms with E-state index in [1.165, 1.54) is 19.3 Å². The smallest absolute Gasteiger partial charge is 0.194 e. The largest absolute Gasteiger partial charge is 0.364 e. The average Bonchev–Trinajstić information content (AvgIpc) is 3.28. The molecule has 4 rings (SSSR count). The van der Waals surface area contributed by atoms with Crippen LogP contribution in [0.5, 0.6) is 0 Å². The first-order valence-corrected chi connectivity index (χ1v) is 9.81. The van der Waals surface area contributed by atoms with Crippen LogP contribution in [0.25, 0.3) is 0 Å². The summed E-state index contributed by atoms with van der Waals surface area (Å²) in [4.78, 5) is 9.16. The van der Waals surface area contributed by atoms with E-state index in [-0.39, 0.29) is 0 Å². The number of guanidine groups is 1. The summed E-state index contributed by atoms with van der Waals surface area (Å²) in [5.74, 6) is 3.07. The van der Waals surface area contributed by atoms with Crippen molar-refractivity contribution in [1.82, 2.24) is 35.0 Å². The molecule has 0 atom stereocenters. The first-order chi connectivity index (χ1) is 13.3. The minimum absolute atomic E-state index is 0.666. The lowest BCUT2D eigenvalue weighted by atomic mass is 10.2. The fourth-order valence-corrected chi connectivity index (χ4v) is 3.83. The fourth-order valence-electron chi connectivity index (χ4n) is 3.83. The Balaban J connectivity index is 1.29. The van der Waals surface area contributed by atoms with Crippen molar-refractivity contribution in [2.45, 2.75) is 45.3 Å². The monoisotopic (exact) mass is 372 g/mol. The van der Waals surface area contributed by atoms with Crippen LogP contribution in [0.3, 0.4) is 0 Å². The summed E-state index contributed by atoms with van der Waals surface area (Å²) < 4.78 is 7.20. The molecule has 1 N–H and O–H groups in total. The Morgan fingerprint density at radius 3 is 2.81 bits per heavy atom. The van der Waals surface area contributed by atoms with Crippen LogP contribution in [0.15, 0.2) is 21.8 Å². The molecular formula is C18H28N8O. The molecule has 0 unspecified atom stereocenters. The minimum Gasteiger partial charge on any atom is -0.364 e. The number of aryl methyl sites for hydroxylation is 1. The lowest BCUT2D eigenvalue weighted by Gasteiger charge is -2.36. The van der Waals surface area contributed by atoms with Crippen LogP contribution in [0.1, 0.15) is 36.6 Å². The molecule has 9 heteroatoms. The van der Waals surface area contributed by atoms with Crippen molar-refractivity contribution in [3.63, 3.8) is 0 Å². The van der Waals surface area contributed by atoms with E-state index >= 15 is 0 Å². The lowest BCUT2D eigenvalue weighted by molar-refractivity contribution is 0.169. The molecule has 9 nitrogen and oxygen atoms in total. The van der Waals surface area contributed by atoms with Gasteiger partial charge in [0.1, 0.15) is 12.1 Å². The van der Waals surface area contributed by atoms with Gasteiger partial charge in [-0.1, -0.05) is 11.6 Å². The molecule has 2 aromatic heterocycles. The highest BCUT2D eigenvalue weighted by Gasteiger charge is 2.21. The van der Waals surface area contributed by atoms with Gasteiger partial charge in [-0.25, -0.2) is 0 Å². The molecule has 1 fully saturated rings. The zero-order valence-corrected chi connectivity index (χ0v) is 16.0. The maximum atomic E-state index is 4.92. The highest BCUT2D eigenvalue weighted by Crippen LogP contribution is 2.14. The molecule has 0 spiro atoms. The number of aromatic nitrogens is 4. The maximum absolute atomic E-state index is 4.92. The summed E-state index contributed by atoms with van der Waals surface area (Å²) >= 11 is 0. The van der Waals surface area contributed by atoms with E-state index in [0.29, 0.717) is 6.54 Å². The maximum Gasteiger partial charge on any atom is 0.194 e. The second kappa shape index (κ2) is 8.51. The van der Waals surface area contributed by atoms with Crippen molar-refractivity contribution in [1.29, 1.82) is 0 Å². The first kappa shape index (κ1) is 18.0. The molecule has 0 aliphatic carbocycles. The molecule has 0 radical (unpaired) electrons. The van der Waals surface area contributed by atoms with Crippen molar-refractivity contribution in [2.24, 2.45) is 4.99 Å². The van der Waals surface area contributed by atoms with Crippen molar-refractivity contribution >= 4 is 5.96 Å². The van der Waals surface area contributed by atoms with Crippen molar-refractivity contribution < 1.29 is 4.52 Å². The number of hydrogen-bond donors (Lipinski definition) is 1. The number of hydrogen-bond acceptors (Lipinski definition) is 6. The number of rotatable bonds is 4. The van der Waals surface area contributed by atoms with Crippen LogP contribution >= 0.6 is 0 Å². The summed E-state index contributed by atoms with van der Waals surface area (Å²) in [7, 11) is 1.84. The Kier molecular flexibility index (Phi) is 5.66. The van der Waals surface area contributed by atoms with E-state index < -0.39 is 0 Å². The van der Waals surface area contributed by atoms with Gasteiger partial charge in [-0.2, -0.15) is 0 Å². The van der Waals surface area contributed by atoms with Crippen LogP contribution in [-0.2, 0) is 26.1 Å². The molecule has 0 saturated carbocycles. The topological polar surface area (TPSA) is 87.6 Å². The predicted octanol–water partition coefficient (Wildman–Crippen LogP) is 0.886. The normalized spacial score (nSPS) is 19.0. The van der Waals surface area contributed by atoms with E-state index in [1.54, 1.807) is 6.26 Å². The van der Waals surface area contributed by atoms with Crippen LogP contribution in [0.4, 0.5) is 0 Å². The summed E-state index contributed by atoms with van der Waals surface area (Å²) in [5.41, 5.74) is 0.985. The molecular weight excluding hydrogens is 344 g/mol. The highest BCUT2D eigenvalue weighted by atomic mass is 16.5. The molecule has 2 aliphatic rings. The second-order valence-corrected chi connectivity index (χ2v) is 7.15. The van der Waals surface area contributed by atoms with Crippen LogP contribution < -0.4 is 5.32 Å². The Hall–Kier alpha value is -2.42. The van der Waals surface area contributed by atoms with E-state index in [1.807, 2.05) is 13.1 Å². The lowest BCUT2D eigenvalue weighted by Crippen LogP contribution is -2.52. The zero-order chi connectivity index (χ0) is 18.5. The highest BCUT2D eigenvalue weighted by molar-refractivity contribution is 5.79. The number of piperazine rings is 1. The summed E-state index contributed by atoms with van der Waals surface area (Å²) in [6.07, 6.45) is 6.36. The standard InChI is InChI=1S/C18H28N8O/c1-19-18(20-13-17-22-21-16-5-3-2-4-7-26(16)17)25-10-8-24(9-11-25)14-15-6-12-27-23-15/h6,12H,2-5,7-11,13-14H2,1H3,(H,19,20). The number of nitrogens with one attached hydrogen (secondary N) is 1. The summed E-state index contributed by atoms with van der Waals surface area (Å²) in [6.45, 7) is 6.37. The van der Waals surface area contributed by atoms with Crippen LogP contribution in [0, 0.1) is 0 Å². The van der Waals surface area contributed by atoms with Crippen molar-refractivity contribution in [3.8, 4) is 0 Å². The number of aliphatic imine (C=N–C) groups is 1. The van der Waals surface area contributed by atoms with Crippen molar-refractivity contribution in [3.05, 3.63) is 29.7 Å². The van der Waals surface area contributed by atoms with Gasteiger partial charge in [0.05, 0.1) is 12.2 Å².